The second-order valence-electron chi connectivity index (χ2n) is 11.4. The number of pyridine rings is 1. The highest BCUT2D eigenvalue weighted by atomic mass is 32.2. The van der Waals surface area contributed by atoms with Crippen LogP contribution in [-0.4, -0.2) is 90.6 Å². The van der Waals surface area contributed by atoms with Crippen LogP contribution in [0.4, 0.5) is 22.9 Å². The molecule has 1 aromatic carbocycles. The van der Waals surface area contributed by atoms with Gasteiger partial charge in [0.15, 0.2) is 5.82 Å². The average molecular weight is 571 g/mol. The number of morpholine rings is 1. The minimum absolute atomic E-state index is 0.0624. The van der Waals surface area contributed by atoms with Gasteiger partial charge >= 0.3 is 0 Å². The molecule has 3 N–H and O–H groups in total. The van der Waals surface area contributed by atoms with Gasteiger partial charge in [-0.3, -0.25) is 4.79 Å². The lowest BCUT2D eigenvalue weighted by molar-refractivity contribution is 0.102. The van der Waals surface area contributed by atoms with Gasteiger partial charge < -0.3 is 29.9 Å². The number of nitrogens with one attached hydrogen (secondary N) is 2. The van der Waals surface area contributed by atoms with Crippen molar-refractivity contribution in [1.82, 2.24) is 9.71 Å². The van der Waals surface area contributed by atoms with Gasteiger partial charge in [0.1, 0.15) is 5.69 Å². The van der Waals surface area contributed by atoms with Gasteiger partial charge in [0.25, 0.3) is 5.91 Å². The molecule has 6 rings (SSSR count). The van der Waals surface area contributed by atoms with Crippen LogP contribution in [0.2, 0.25) is 0 Å². The molecule has 1 spiro atoms. The summed E-state index contributed by atoms with van der Waals surface area (Å²) in [4.78, 5) is 25.2. The van der Waals surface area contributed by atoms with Gasteiger partial charge in [0, 0.05) is 46.3 Å². The van der Waals surface area contributed by atoms with Crippen LogP contribution >= 0.6 is 0 Å². The van der Waals surface area contributed by atoms with E-state index < -0.39 is 10.0 Å². The molecule has 40 heavy (non-hydrogen) atoms. The quantitative estimate of drug-likeness (QED) is 0.436. The molecular formula is C28H38N6O5S. The van der Waals surface area contributed by atoms with E-state index in [2.05, 4.69) is 31.8 Å². The van der Waals surface area contributed by atoms with Crippen LogP contribution in [-0.2, 0) is 21.2 Å². The summed E-state index contributed by atoms with van der Waals surface area (Å²) in [6, 6.07) is 6.67. The molecule has 0 unspecified atom stereocenters. The molecule has 1 saturated carbocycles. The van der Waals surface area contributed by atoms with Crippen molar-refractivity contribution in [3.63, 3.8) is 0 Å². The largest absolute Gasteiger partial charge is 0.395 e. The number of aliphatic hydroxyl groups excluding tert-OH is 1. The fourth-order valence-electron chi connectivity index (χ4n) is 6.09. The topological polar surface area (TPSA) is 127 Å². The number of anilines is 4. The zero-order valence-electron chi connectivity index (χ0n) is 23.0. The van der Waals surface area contributed by atoms with Gasteiger partial charge in [-0.05, 0) is 67.3 Å². The Labute approximate surface area is 235 Å². The number of nitrogens with zero attached hydrogens (tertiary/aromatic N) is 4. The number of benzene rings is 1. The molecule has 2 aromatic rings. The first-order valence-electron chi connectivity index (χ1n) is 14.2. The van der Waals surface area contributed by atoms with E-state index in [0.29, 0.717) is 35.7 Å². The molecule has 0 atom stereocenters. The van der Waals surface area contributed by atoms with E-state index in [1.54, 1.807) is 12.1 Å². The van der Waals surface area contributed by atoms with Crippen LogP contribution in [0.5, 0.6) is 0 Å². The number of carbonyl (C=O) groups is 1. The third-order valence-corrected chi connectivity index (χ3v) is 10.2. The summed E-state index contributed by atoms with van der Waals surface area (Å²) >= 11 is 0. The Bertz CT molecular complexity index is 1380. The molecule has 4 heterocycles. The van der Waals surface area contributed by atoms with E-state index in [1.165, 1.54) is 18.9 Å². The molecule has 12 heteroatoms. The van der Waals surface area contributed by atoms with Crippen molar-refractivity contribution in [3.05, 3.63) is 35.5 Å². The molecule has 0 radical (unpaired) electrons. The Morgan fingerprint density at radius 2 is 1.80 bits per heavy atom. The Morgan fingerprint density at radius 3 is 2.50 bits per heavy atom. The lowest BCUT2D eigenvalue weighted by Crippen LogP contribution is -2.38. The number of carbonyl (C=O) groups excluding carboxylic acids is 1. The minimum atomic E-state index is -3.80. The second kappa shape index (κ2) is 10.8. The highest BCUT2D eigenvalue weighted by molar-refractivity contribution is 7.89. The predicted molar refractivity (Wildman–Crippen MR) is 154 cm³/mol. The van der Waals surface area contributed by atoms with Crippen molar-refractivity contribution in [2.75, 3.05) is 86.2 Å². The third kappa shape index (κ3) is 5.37. The second-order valence-corrected chi connectivity index (χ2v) is 13.1. The standard InChI is InChI=1S/C28H38N6O5S/c1-32-10-4-20-18-23(30-26(25(20)32)34-13-16-39-17-14-34)27(36)31-22-3-2-21(40(37,38)29-9-15-35)19-24(22)33-11-7-28(5-6-28)8-12-33/h2-3,18-19,29,35H,4-17H2,1H3,(H,31,36). The Morgan fingerprint density at radius 1 is 1.05 bits per heavy atom. The van der Waals surface area contributed by atoms with Crippen molar-refractivity contribution >= 4 is 38.8 Å². The van der Waals surface area contributed by atoms with Crippen molar-refractivity contribution < 1.29 is 23.1 Å². The fourth-order valence-corrected chi connectivity index (χ4v) is 7.13. The van der Waals surface area contributed by atoms with Crippen molar-refractivity contribution in [3.8, 4) is 0 Å². The Balaban J connectivity index is 1.31. The number of hydrogen-bond donors (Lipinski definition) is 3. The zero-order chi connectivity index (χ0) is 27.9. The summed E-state index contributed by atoms with van der Waals surface area (Å²) in [5, 5.41) is 12.2. The lowest BCUT2D eigenvalue weighted by atomic mass is 9.93. The highest BCUT2D eigenvalue weighted by Crippen LogP contribution is 2.54. The number of hydrogen-bond acceptors (Lipinski definition) is 9. The van der Waals surface area contributed by atoms with E-state index in [9.17, 15) is 13.2 Å². The summed E-state index contributed by atoms with van der Waals surface area (Å²) in [5.41, 5.74) is 4.22. The number of amides is 1. The lowest BCUT2D eigenvalue weighted by Gasteiger charge is -2.35. The molecular weight excluding hydrogens is 532 g/mol. The van der Waals surface area contributed by atoms with Crippen LogP contribution in [0.25, 0.3) is 0 Å². The molecule has 11 nitrogen and oxygen atoms in total. The Kier molecular flexibility index (Phi) is 7.36. The summed E-state index contributed by atoms with van der Waals surface area (Å²) < 4.78 is 33.7. The number of fused-ring (bicyclic) bond motifs is 1. The maximum absolute atomic E-state index is 13.7. The summed E-state index contributed by atoms with van der Waals surface area (Å²) in [6.07, 6.45) is 5.48. The van der Waals surface area contributed by atoms with Gasteiger partial charge in [-0.2, -0.15) is 0 Å². The molecule has 1 aliphatic carbocycles. The van der Waals surface area contributed by atoms with Gasteiger partial charge in [-0.1, -0.05) is 0 Å². The van der Waals surface area contributed by atoms with Crippen LogP contribution < -0.4 is 24.7 Å². The van der Waals surface area contributed by atoms with Gasteiger partial charge in [0.05, 0.1) is 41.8 Å². The molecule has 1 amide bonds. The first-order chi connectivity index (χ1) is 19.3. The number of piperidine rings is 1. The fraction of sp³-hybridized carbons (Fsp3) is 0.571. The Hall–Kier alpha value is -2.93. The van der Waals surface area contributed by atoms with Gasteiger partial charge in [0.2, 0.25) is 10.0 Å². The molecule has 3 aliphatic heterocycles. The van der Waals surface area contributed by atoms with Crippen LogP contribution in [0.3, 0.4) is 0 Å². The van der Waals surface area contributed by atoms with E-state index in [4.69, 9.17) is 14.8 Å². The number of ether oxygens (including phenoxy) is 1. The van der Waals surface area contributed by atoms with E-state index >= 15 is 0 Å². The molecule has 0 bridgehead atoms. The van der Waals surface area contributed by atoms with Crippen molar-refractivity contribution in [2.45, 2.75) is 37.0 Å². The van der Waals surface area contributed by atoms with Crippen molar-refractivity contribution in [2.24, 2.45) is 5.41 Å². The maximum Gasteiger partial charge on any atom is 0.274 e. The summed E-state index contributed by atoms with van der Waals surface area (Å²) in [5.74, 6) is 0.492. The summed E-state index contributed by atoms with van der Waals surface area (Å²) in [6.45, 7) is 4.83. The smallest absolute Gasteiger partial charge is 0.274 e. The van der Waals surface area contributed by atoms with Gasteiger partial charge in [-0.25, -0.2) is 18.1 Å². The van der Waals surface area contributed by atoms with E-state index in [-0.39, 0.29) is 24.0 Å². The average Bonchev–Trinajstić information content (AvgIpc) is 3.62. The predicted octanol–water partition coefficient (Wildman–Crippen LogP) is 1.81. The van der Waals surface area contributed by atoms with Crippen LogP contribution in [0.15, 0.2) is 29.2 Å². The van der Waals surface area contributed by atoms with Gasteiger partial charge in [-0.15, -0.1) is 0 Å². The number of rotatable bonds is 8. The third-order valence-electron chi connectivity index (χ3n) is 8.75. The number of likely N-dealkylation sites (N-methyl/N-ethyl adjacent to an activating group) is 1. The maximum atomic E-state index is 13.7. The molecule has 3 fully saturated rings. The monoisotopic (exact) mass is 570 g/mol. The first kappa shape index (κ1) is 27.3. The molecule has 1 aromatic heterocycles. The highest BCUT2D eigenvalue weighted by Gasteiger charge is 2.44. The van der Waals surface area contributed by atoms with Crippen LogP contribution in [0, 0.1) is 5.41 Å². The molecule has 216 valence electrons. The zero-order valence-corrected chi connectivity index (χ0v) is 23.8. The number of aliphatic hydroxyl groups is 1. The van der Waals surface area contributed by atoms with Crippen LogP contribution in [0.1, 0.15) is 41.7 Å². The number of sulfonamides is 1. The first-order valence-corrected chi connectivity index (χ1v) is 15.7. The normalized spacial score (nSPS) is 20.1. The number of aromatic nitrogens is 1. The van der Waals surface area contributed by atoms with Crippen molar-refractivity contribution in [1.29, 1.82) is 0 Å². The van der Waals surface area contributed by atoms with E-state index in [0.717, 1.165) is 69.1 Å². The SMILES string of the molecule is CN1CCc2cc(C(=O)Nc3ccc(S(=O)(=O)NCCO)cc3N3CCC4(CC3)CC4)nc(N3CCOCC3)c21. The molecule has 2 saturated heterocycles. The minimum Gasteiger partial charge on any atom is -0.395 e. The van der Waals surface area contributed by atoms with E-state index in [1.807, 2.05) is 6.07 Å². The molecule has 4 aliphatic rings. The summed E-state index contributed by atoms with van der Waals surface area (Å²) in [7, 11) is -1.75.